The van der Waals surface area contributed by atoms with Gasteiger partial charge >= 0.3 is 0 Å². The third kappa shape index (κ3) is 3.46. The highest BCUT2D eigenvalue weighted by Gasteiger charge is 2.13. The van der Waals surface area contributed by atoms with Gasteiger partial charge in [0.1, 0.15) is 0 Å². The molecule has 0 aliphatic heterocycles. The Morgan fingerprint density at radius 1 is 1.38 bits per heavy atom. The minimum absolute atomic E-state index is 0.135. The van der Waals surface area contributed by atoms with Gasteiger partial charge < -0.3 is 16.8 Å². The van der Waals surface area contributed by atoms with Crippen molar-refractivity contribution in [3.63, 3.8) is 0 Å². The quantitative estimate of drug-likeness (QED) is 0.681. The number of rotatable bonds is 3. The van der Waals surface area contributed by atoms with Gasteiger partial charge in [0.05, 0.1) is 5.56 Å². The fourth-order valence-corrected chi connectivity index (χ4v) is 1.28. The van der Waals surface area contributed by atoms with Gasteiger partial charge in [-0.1, -0.05) is 20.8 Å². The van der Waals surface area contributed by atoms with E-state index in [1.807, 2.05) is 0 Å². The Hall–Kier alpha value is -1.71. The van der Waals surface area contributed by atoms with Gasteiger partial charge in [0.2, 0.25) is 0 Å². The Bertz CT molecular complexity index is 394. The number of nitrogens with one attached hydrogen (secondary N) is 1. The van der Waals surface area contributed by atoms with Gasteiger partial charge in [-0.15, -0.1) is 0 Å². The highest BCUT2D eigenvalue weighted by atomic mass is 16.1. The summed E-state index contributed by atoms with van der Waals surface area (Å²) >= 11 is 0. The van der Waals surface area contributed by atoms with E-state index in [1.165, 1.54) is 0 Å². The first kappa shape index (κ1) is 12.4. The maximum atomic E-state index is 11.2. The number of carbonyl (C=O) groups is 1. The van der Waals surface area contributed by atoms with Crippen molar-refractivity contribution in [2.75, 3.05) is 17.6 Å². The van der Waals surface area contributed by atoms with E-state index in [-0.39, 0.29) is 5.41 Å². The van der Waals surface area contributed by atoms with Crippen LogP contribution in [0.1, 0.15) is 31.1 Å². The second-order valence-electron chi connectivity index (χ2n) is 5.08. The van der Waals surface area contributed by atoms with Crippen molar-refractivity contribution in [1.29, 1.82) is 0 Å². The molecule has 0 aliphatic rings. The van der Waals surface area contributed by atoms with E-state index in [1.54, 1.807) is 18.2 Å². The summed E-state index contributed by atoms with van der Waals surface area (Å²) in [6.07, 6.45) is 0. The molecule has 4 heteroatoms. The molecule has 0 radical (unpaired) electrons. The summed E-state index contributed by atoms with van der Waals surface area (Å²) < 4.78 is 0. The maximum Gasteiger partial charge on any atom is 0.250 e. The van der Waals surface area contributed by atoms with Crippen LogP contribution in [0.25, 0.3) is 0 Å². The number of primary amides is 1. The van der Waals surface area contributed by atoms with Gasteiger partial charge in [-0.2, -0.15) is 0 Å². The van der Waals surface area contributed by atoms with Crippen LogP contribution in [0.3, 0.4) is 0 Å². The lowest BCUT2D eigenvalue weighted by atomic mass is 9.96. The number of nitrogen functional groups attached to an aromatic ring is 1. The Balaban J connectivity index is 2.91. The SMILES string of the molecule is CC(C)(C)CNc1ccc(N)cc1C(N)=O. The molecular weight excluding hydrogens is 202 g/mol. The van der Waals surface area contributed by atoms with E-state index in [4.69, 9.17) is 11.5 Å². The number of hydrogen-bond donors (Lipinski definition) is 3. The molecule has 0 unspecified atom stereocenters. The standard InChI is InChI=1S/C12H19N3O/c1-12(2,3)7-15-10-5-4-8(13)6-9(10)11(14)16/h4-6,15H,7,13H2,1-3H3,(H2,14,16). The smallest absolute Gasteiger partial charge is 0.250 e. The lowest BCUT2D eigenvalue weighted by molar-refractivity contribution is 0.100. The first-order valence-electron chi connectivity index (χ1n) is 5.23. The molecule has 4 nitrogen and oxygen atoms in total. The van der Waals surface area contributed by atoms with Crippen molar-refractivity contribution in [2.24, 2.45) is 11.1 Å². The number of anilines is 2. The molecule has 1 aromatic rings. The molecule has 0 heterocycles. The number of benzene rings is 1. The van der Waals surface area contributed by atoms with Crippen molar-refractivity contribution in [3.8, 4) is 0 Å². The average Bonchev–Trinajstić information content (AvgIpc) is 2.14. The van der Waals surface area contributed by atoms with E-state index in [0.29, 0.717) is 11.3 Å². The topological polar surface area (TPSA) is 81.1 Å². The van der Waals surface area contributed by atoms with E-state index < -0.39 is 5.91 Å². The summed E-state index contributed by atoms with van der Waals surface area (Å²) in [6.45, 7) is 7.10. The van der Waals surface area contributed by atoms with Gasteiger partial charge in [0.25, 0.3) is 5.91 Å². The van der Waals surface area contributed by atoms with Crippen molar-refractivity contribution >= 4 is 17.3 Å². The van der Waals surface area contributed by atoms with Crippen molar-refractivity contribution in [2.45, 2.75) is 20.8 Å². The second-order valence-corrected chi connectivity index (χ2v) is 5.08. The normalized spacial score (nSPS) is 11.2. The molecule has 0 spiro atoms. The summed E-state index contributed by atoms with van der Waals surface area (Å²) in [6, 6.07) is 5.12. The molecule has 1 aromatic carbocycles. The molecule has 16 heavy (non-hydrogen) atoms. The predicted octanol–water partition coefficient (Wildman–Crippen LogP) is 1.83. The molecular formula is C12H19N3O. The summed E-state index contributed by atoms with van der Waals surface area (Å²) in [5.74, 6) is -0.469. The lowest BCUT2D eigenvalue weighted by Crippen LogP contribution is -2.21. The largest absolute Gasteiger partial charge is 0.399 e. The molecule has 0 aliphatic carbocycles. The zero-order valence-corrected chi connectivity index (χ0v) is 10.0. The molecule has 0 atom stereocenters. The Morgan fingerprint density at radius 2 is 2.00 bits per heavy atom. The van der Waals surface area contributed by atoms with Crippen LogP contribution in [0, 0.1) is 5.41 Å². The maximum absolute atomic E-state index is 11.2. The molecule has 1 rings (SSSR count). The molecule has 0 fully saturated rings. The van der Waals surface area contributed by atoms with Gasteiger partial charge in [-0.3, -0.25) is 4.79 Å². The van der Waals surface area contributed by atoms with E-state index >= 15 is 0 Å². The molecule has 0 saturated heterocycles. The summed E-state index contributed by atoms with van der Waals surface area (Å²) in [4.78, 5) is 11.2. The van der Waals surface area contributed by atoms with Crippen LogP contribution < -0.4 is 16.8 Å². The number of nitrogens with two attached hydrogens (primary N) is 2. The number of carbonyl (C=O) groups excluding carboxylic acids is 1. The highest BCUT2D eigenvalue weighted by Crippen LogP contribution is 2.21. The zero-order valence-electron chi connectivity index (χ0n) is 10.0. The Morgan fingerprint density at radius 3 is 2.50 bits per heavy atom. The number of amides is 1. The van der Waals surface area contributed by atoms with Gasteiger partial charge in [0, 0.05) is 17.9 Å². The lowest BCUT2D eigenvalue weighted by Gasteiger charge is -2.20. The minimum Gasteiger partial charge on any atom is -0.399 e. The molecule has 0 aromatic heterocycles. The second kappa shape index (κ2) is 4.43. The van der Waals surface area contributed by atoms with Crippen LogP contribution in [0.5, 0.6) is 0 Å². The monoisotopic (exact) mass is 221 g/mol. The van der Waals surface area contributed by atoms with Crippen LogP contribution in [0.15, 0.2) is 18.2 Å². The zero-order chi connectivity index (χ0) is 12.3. The first-order valence-corrected chi connectivity index (χ1v) is 5.23. The van der Waals surface area contributed by atoms with Crippen LogP contribution in [-0.4, -0.2) is 12.5 Å². The van der Waals surface area contributed by atoms with Crippen molar-refractivity contribution in [1.82, 2.24) is 0 Å². The third-order valence-electron chi connectivity index (χ3n) is 2.12. The number of hydrogen-bond acceptors (Lipinski definition) is 3. The summed E-state index contributed by atoms with van der Waals surface area (Å²) in [7, 11) is 0. The predicted molar refractivity (Wildman–Crippen MR) is 67.3 cm³/mol. The molecule has 88 valence electrons. The Labute approximate surface area is 96.0 Å². The van der Waals surface area contributed by atoms with E-state index in [0.717, 1.165) is 12.2 Å². The van der Waals surface area contributed by atoms with Gasteiger partial charge in [0.15, 0.2) is 0 Å². The van der Waals surface area contributed by atoms with Gasteiger partial charge in [-0.05, 0) is 23.6 Å². The van der Waals surface area contributed by atoms with Crippen LogP contribution in [0.4, 0.5) is 11.4 Å². The first-order chi connectivity index (χ1) is 7.29. The van der Waals surface area contributed by atoms with Crippen LogP contribution >= 0.6 is 0 Å². The van der Waals surface area contributed by atoms with E-state index in [2.05, 4.69) is 26.1 Å². The summed E-state index contributed by atoms with van der Waals surface area (Å²) in [5, 5.41) is 3.21. The molecule has 0 saturated carbocycles. The highest BCUT2D eigenvalue weighted by molar-refractivity contribution is 5.99. The van der Waals surface area contributed by atoms with E-state index in [9.17, 15) is 4.79 Å². The van der Waals surface area contributed by atoms with Crippen LogP contribution in [0.2, 0.25) is 0 Å². The van der Waals surface area contributed by atoms with Gasteiger partial charge in [-0.25, -0.2) is 0 Å². The molecule has 1 amide bonds. The third-order valence-corrected chi connectivity index (χ3v) is 2.12. The van der Waals surface area contributed by atoms with Crippen LogP contribution in [-0.2, 0) is 0 Å². The fourth-order valence-electron chi connectivity index (χ4n) is 1.28. The molecule has 0 bridgehead atoms. The molecule has 5 N–H and O–H groups in total. The fraction of sp³-hybridized carbons (Fsp3) is 0.417. The Kier molecular flexibility index (Phi) is 3.42. The summed E-state index contributed by atoms with van der Waals surface area (Å²) in [5.41, 5.74) is 12.7. The van der Waals surface area contributed by atoms with Crippen molar-refractivity contribution < 1.29 is 4.79 Å². The average molecular weight is 221 g/mol. The minimum atomic E-state index is -0.469. The van der Waals surface area contributed by atoms with Crippen molar-refractivity contribution in [3.05, 3.63) is 23.8 Å².